The molecule has 3 rings (SSSR count). The number of hydrogen-bond acceptors (Lipinski definition) is 3. The molecule has 1 unspecified atom stereocenters. The zero-order chi connectivity index (χ0) is 20.1. The van der Waals surface area contributed by atoms with E-state index in [2.05, 4.69) is 16.4 Å². The number of imidazole rings is 1. The molecule has 28 heavy (non-hydrogen) atoms. The molecule has 146 valence electrons. The number of amides is 1. The molecule has 0 aliphatic heterocycles. The van der Waals surface area contributed by atoms with Crippen molar-refractivity contribution in [3.63, 3.8) is 0 Å². The number of benzene rings is 2. The van der Waals surface area contributed by atoms with Gasteiger partial charge >= 0.3 is 0 Å². The first-order chi connectivity index (χ1) is 13.4. The first-order valence-corrected chi connectivity index (χ1v) is 9.15. The molecular weight excluding hydrogens is 357 g/mol. The molecule has 1 heterocycles. The van der Waals surface area contributed by atoms with Crippen molar-refractivity contribution in [2.75, 3.05) is 6.61 Å². The minimum absolute atomic E-state index is 0.165. The Balaban J connectivity index is 1.66. The van der Waals surface area contributed by atoms with E-state index >= 15 is 0 Å². The maximum atomic E-state index is 13.3. The average Bonchev–Trinajstić information content (AvgIpc) is 3.05. The normalized spacial score (nSPS) is 11.9. The molecular formula is C22H24FN3O2. The van der Waals surface area contributed by atoms with Crippen LogP contribution in [0.2, 0.25) is 0 Å². The number of hydrogen-bond donors (Lipinski definition) is 1. The van der Waals surface area contributed by atoms with Crippen LogP contribution in [-0.2, 0) is 11.8 Å². The van der Waals surface area contributed by atoms with Crippen molar-refractivity contribution >= 4 is 5.91 Å². The van der Waals surface area contributed by atoms with Crippen LogP contribution in [0.1, 0.15) is 35.0 Å². The van der Waals surface area contributed by atoms with E-state index in [9.17, 15) is 9.18 Å². The molecule has 2 aromatic carbocycles. The predicted octanol–water partition coefficient (Wildman–Crippen LogP) is 3.85. The monoisotopic (exact) mass is 381 g/mol. The van der Waals surface area contributed by atoms with Crippen molar-refractivity contribution < 1.29 is 13.9 Å². The molecule has 0 spiro atoms. The minimum atomic E-state index is -0.464. The zero-order valence-electron chi connectivity index (χ0n) is 16.3. The molecule has 0 fully saturated rings. The predicted molar refractivity (Wildman–Crippen MR) is 106 cm³/mol. The molecule has 0 aliphatic rings. The van der Waals surface area contributed by atoms with Crippen LogP contribution in [0.4, 0.5) is 4.39 Å². The number of ether oxygens (including phenoxy) is 1. The van der Waals surface area contributed by atoms with Crippen LogP contribution < -0.4 is 10.1 Å². The number of carbonyl (C=O) groups is 1. The molecule has 0 radical (unpaired) electrons. The molecule has 0 saturated carbocycles. The van der Waals surface area contributed by atoms with E-state index in [1.807, 2.05) is 37.6 Å². The Morgan fingerprint density at radius 2 is 1.86 bits per heavy atom. The van der Waals surface area contributed by atoms with Gasteiger partial charge in [-0.2, -0.15) is 0 Å². The lowest BCUT2D eigenvalue weighted by atomic mass is 10.1. The number of aryl methyl sites for hydroxylation is 3. The van der Waals surface area contributed by atoms with Crippen molar-refractivity contribution in [3.8, 4) is 5.75 Å². The topological polar surface area (TPSA) is 56.1 Å². The SMILES string of the molecule is Cc1cc(C)cc(OCCC(=O)NC(c2ccc(F)cc2)c2nccn2C)c1. The molecule has 0 bridgehead atoms. The second-order valence-corrected chi connectivity index (χ2v) is 6.87. The summed E-state index contributed by atoms with van der Waals surface area (Å²) in [4.78, 5) is 16.9. The van der Waals surface area contributed by atoms with Crippen molar-refractivity contribution in [2.45, 2.75) is 26.3 Å². The van der Waals surface area contributed by atoms with Gasteiger partial charge < -0.3 is 14.6 Å². The molecule has 1 amide bonds. The Kier molecular flexibility index (Phi) is 6.09. The standard InChI is InChI=1S/C22H24FN3O2/c1-15-12-16(2)14-19(13-15)28-11-8-20(27)25-21(22-24-9-10-26(22)3)17-4-6-18(23)7-5-17/h4-7,9-10,12-14,21H,8,11H2,1-3H3,(H,25,27). The largest absolute Gasteiger partial charge is 0.493 e. The highest BCUT2D eigenvalue weighted by Crippen LogP contribution is 2.21. The maximum Gasteiger partial charge on any atom is 0.224 e. The number of carbonyl (C=O) groups excluding carboxylic acids is 1. The number of aromatic nitrogens is 2. The van der Waals surface area contributed by atoms with Gasteiger partial charge in [-0.05, 0) is 54.8 Å². The molecule has 6 heteroatoms. The van der Waals surface area contributed by atoms with Gasteiger partial charge in [0, 0.05) is 19.4 Å². The van der Waals surface area contributed by atoms with Crippen molar-refractivity contribution in [2.24, 2.45) is 7.05 Å². The van der Waals surface area contributed by atoms with Gasteiger partial charge in [0.2, 0.25) is 5.91 Å². The first-order valence-electron chi connectivity index (χ1n) is 9.15. The van der Waals surface area contributed by atoms with Gasteiger partial charge in [-0.15, -0.1) is 0 Å². The van der Waals surface area contributed by atoms with Crippen LogP contribution in [0.25, 0.3) is 0 Å². The van der Waals surface area contributed by atoms with Gasteiger partial charge in [0.25, 0.3) is 0 Å². The average molecular weight is 381 g/mol. The van der Waals surface area contributed by atoms with Gasteiger partial charge in [0.15, 0.2) is 0 Å². The van der Waals surface area contributed by atoms with Gasteiger partial charge in [-0.1, -0.05) is 18.2 Å². The second-order valence-electron chi connectivity index (χ2n) is 6.87. The van der Waals surface area contributed by atoms with E-state index in [0.717, 1.165) is 22.4 Å². The lowest BCUT2D eigenvalue weighted by molar-refractivity contribution is -0.122. The Hall–Kier alpha value is -3.15. The van der Waals surface area contributed by atoms with Crippen LogP contribution in [-0.4, -0.2) is 22.1 Å². The lowest BCUT2D eigenvalue weighted by Crippen LogP contribution is -2.32. The van der Waals surface area contributed by atoms with Crippen LogP contribution >= 0.6 is 0 Å². The summed E-state index contributed by atoms with van der Waals surface area (Å²) in [6.45, 7) is 4.28. The van der Waals surface area contributed by atoms with E-state index in [4.69, 9.17) is 4.74 Å². The molecule has 3 aromatic rings. The summed E-state index contributed by atoms with van der Waals surface area (Å²) >= 11 is 0. The zero-order valence-corrected chi connectivity index (χ0v) is 16.3. The highest BCUT2D eigenvalue weighted by atomic mass is 19.1. The van der Waals surface area contributed by atoms with Crippen LogP contribution in [0.3, 0.4) is 0 Å². The molecule has 5 nitrogen and oxygen atoms in total. The van der Waals surface area contributed by atoms with Gasteiger partial charge in [-0.25, -0.2) is 9.37 Å². The summed E-state index contributed by atoms with van der Waals surface area (Å²) in [7, 11) is 1.86. The van der Waals surface area contributed by atoms with Crippen LogP contribution in [0, 0.1) is 19.7 Å². The number of nitrogens with one attached hydrogen (secondary N) is 1. The third-order valence-corrected chi connectivity index (χ3v) is 4.42. The van der Waals surface area contributed by atoms with E-state index < -0.39 is 6.04 Å². The fourth-order valence-corrected chi connectivity index (χ4v) is 3.12. The quantitative estimate of drug-likeness (QED) is 0.676. The van der Waals surface area contributed by atoms with Gasteiger partial charge in [0.05, 0.1) is 13.0 Å². The summed E-state index contributed by atoms with van der Waals surface area (Å²) in [5.41, 5.74) is 3.00. The summed E-state index contributed by atoms with van der Waals surface area (Å²) in [5.74, 6) is 0.942. The van der Waals surface area contributed by atoms with Crippen LogP contribution in [0.5, 0.6) is 5.75 Å². The van der Waals surface area contributed by atoms with Gasteiger partial charge in [0.1, 0.15) is 23.4 Å². The molecule has 0 saturated heterocycles. The fourth-order valence-electron chi connectivity index (χ4n) is 3.12. The van der Waals surface area contributed by atoms with Gasteiger partial charge in [-0.3, -0.25) is 4.79 Å². The summed E-state index contributed by atoms with van der Waals surface area (Å²) < 4.78 is 20.9. The van der Waals surface area contributed by atoms with E-state index in [1.54, 1.807) is 24.5 Å². The smallest absolute Gasteiger partial charge is 0.224 e. The number of rotatable bonds is 7. The first kappa shape index (κ1) is 19.6. The van der Waals surface area contributed by atoms with Crippen molar-refractivity contribution in [3.05, 3.63) is 83.2 Å². The molecule has 1 N–H and O–H groups in total. The maximum absolute atomic E-state index is 13.3. The van der Waals surface area contributed by atoms with E-state index in [1.165, 1.54) is 12.1 Å². The number of halogens is 1. The highest BCUT2D eigenvalue weighted by Gasteiger charge is 2.20. The second kappa shape index (κ2) is 8.69. The van der Waals surface area contributed by atoms with E-state index in [-0.39, 0.29) is 24.8 Å². The van der Waals surface area contributed by atoms with Crippen LogP contribution in [0.15, 0.2) is 54.9 Å². The highest BCUT2D eigenvalue weighted by molar-refractivity contribution is 5.77. The molecule has 1 aromatic heterocycles. The summed E-state index contributed by atoms with van der Waals surface area (Å²) in [6, 6.07) is 11.6. The Morgan fingerprint density at radius 1 is 1.18 bits per heavy atom. The van der Waals surface area contributed by atoms with Crippen molar-refractivity contribution in [1.82, 2.24) is 14.9 Å². The third-order valence-electron chi connectivity index (χ3n) is 4.42. The lowest BCUT2D eigenvalue weighted by Gasteiger charge is -2.19. The minimum Gasteiger partial charge on any atom is -0.493 e. The van der Waals surface area contributed by atoms with Crippen molar-refractivity contribution in [1.29, 1.82) is 0 Å². The fraction of sp³-hybridized carbons (Fsp3) is 0.273. The number of nitrogens with zero attached hydrogens (tertiary/aromatic N) is 2. The molecule has 1 atom stereocenters. The third kappa shape index (κ3) is 4.97. The molecule has 0 aliphatic carbocycles. The summed E-state index contributed by atoms with van der Waals surface area (Å²) in [6.07, 6.45) is 3.68. The Bertz CT molecular complexity index is 930. The van der Waals surface area contributed by atoms with E-state index in [0.29, 0.717) is 5.82 Å². The summed E-state index contributed by atoms with van der Waals surface area (Å²) in [5, 5.41) is 2.98. The Morgan fingerprint density at radius 3 is 2.46 bits per heavy atom. The Labute approximate surface area is 164 Å².